The van der Waals surface area contributed by atoms with Gasteiger partial charge in [0.05, 0.1) is 13.2 Å². The Hall–Kier alpha value is -1.09. The van der Waals surface area contributed by atoms with E-state index in [9.17, 15) is 0 Å². The van der Waals surface area contributed by atoms with E-state index in [-0.39, 0.29) is 6.10 Å². The van der Waals surface area contributed by atoms with Crippen molar-refractivity contribution >= 4 is 0 Å². The van der Waals surface area contributed by atoms with Gasteiger partial charge >= 0.3 is 0 Å². The van der Waals surface area contributed by atoms with E-state index in [1.807, 2.05) is 12.1 Å². The van der Waals surface area contributed by atoms with Gasteiger partial charge in [-0.2, -0.15) is 0 Å². The van der Waals surface area contributed by atoms with Crippen LogP contribution in [0.4, 0.5) is 0 Å². The third-order valence-electron chi connectivity index (χ3n) is 1.86. The van der Waals surface area contributed by atoms with Crippen LogP contribution >= 0.6 is 0 Å². The van der Waals surface area contributed by atoms with Crippen molar-refractivity contribution in [3.05, 3.63) is 23.9 Å². The van der Waals surface area contributed by atoms with Gasteiger partial charge in [-0.3, -0.25) is 0 Å². The van der Waals surface area contributed by atoms with E-state index in [2.05, 4.69) is 4.98 Å². The highest BCUT2D eigenvalue weighted by molar-refractivity contribution is 5.20. The van der Waals surface area contributed by atoms with Crippen LogP contribution in [0.15, 0.2) is 18.3 Å². The molecule has 1 unspecified atom stereocenters. The lowest BCUT2D eigenvalue weighted by molar-refractivity contribution is 0.185. The number of aromatic nitrogens is 1. The monoisotopic (exact) mass is 181 g/mol. The Labute approximate surface area is 78.4 Å². The number of hydrogen-bond donors (Lipinski definition) is 1. The third-order valence-corrected chi connectivity index (χ3v) is 1.86. The van der Waals surface area contributed by atoms with E-state index in [0.717, 1.165) is 18.4 Å². The van der Waals surface area contributed by atoms with Crippen molar-refractivity contribution in [2.75, 3.05) is 7.11 Å². The first kappa shape index (κ1) is 9.99. The van der Waals surface area contributed by atoms with Crippen molar-refractivity contribution in [2.45, 2.75) is 25.9 Å². The number of aryl methyl sites for hydroxylation is 1. The zero-order chi connectivity index (χ0) is 9.68. The first-order valence-corrected chi connectivity index (χ1v) is 4.39. The van der Waals surface area contributed by atoms with Crippen LogP contribution in [0.3, 0.4) is 0 Å². The van der Waals surface area contributed by atoms with Crippen LogP contribution in [0.25, 0.3) is 0 Å². The van der Waals surface area contributed by atoms with Crippen molar-refractivity contribution < 1.29 is 9.84 Å². The molecule has 3 nitrogen and oxygen atoms in total. The average Bonchev–Trinajstić information content (AvgIpc) is 2.15. The molecule has 0 saturated carbocycles. The first-order chi connectivity index (χ1) is 6.22. The molecule has 0 aliphatic rings. The first-order valence-electron chi connectivity index (χ1n) is 4.39. The molecule has 0 bridgehead atoms. The lowest BCUT2D eigenvalue weighted by Gasteiger charge is -2.05. The maximum absolute atomic E-state index is 9.09. The Morgan fingerprint density at radius 2 is 2.38 bits per heavy atom. The van der Waals surface area contributed by atoms with Gasteiger partial charge in [0.25, 0.3) is 0 Å². The zero-order valence-electron chi connectivity index (χ0n) is 8.03. The van der Waals surface area contributed by atoms with Gasteiger partial charge in [0.1, 0.15) is 0 Å². The highest BCUT2D eigenvalue weighted by Crippen LogP contribution is 2.11. The van der Waals surface area contributed by atoms with E-state index in [1.54, 1.807) is 20.2 Å². The highest BCUT2D eigenvalue weighted by Gasteiger charge is 1.99. The summed E-state index contributed by atoms with van der Waals surface area (Å²) in [5.41, 5.74) is 1.15. The highest BCUT2D eigenvalue weighted by atomic mass is 16.5. The average molecular weight is 181 g/mol. The van der Waals surface area contributed by atoms with E-state index in [0.29, 0.717) is 5.88 Å². The SMILES string of the molecule is COc1cc(CCC(C)O)ccn1. The number of aliphatic hydroxyl groups excluding tert-OH is 1. The molecule has 72 valence electrons. The number of rotatable bonds is 4. The van der Waals surface area contributed by atoms with Crippen molar-refractivity contribution in [2.24, 2.45) is 0 Å². The number of methoxy groups -OCH3 is 1. The zero-order valence-corrected chi connectivity index (χ0v) is 8.03. The second kappa shape index (κ2) is 4.82. The Kier molecular flexibility index (Phi) is 3.71. The van der Waals surface area contributed by atoms with Gasteiger partial charge in [0, 0.05) is 12.3 Å². The predicted molar refractivity (Wildman–Crippen MR) is 50.8 cm³/mol. The molecule has 0 fully saturated rings. The quantitative estimate of drug-likeness (QED) is 0.763. The molecular weight excluding hydrogens is 166 g/mol. The fourth-order valence-corrected chi connectivity index (χ4v) is 1.09. The molecule has 0 aromatic carbocycles. The summed E-state index contributed by atoms with van der Waals surface area (Å²) in [6.07, 6.45) is 3.10. The van der Waals surface area contributed by atoms with Gasteiger partial charge in [-0.15, -0.1) is 0 Å². The van der Waals surface area contributed by atoms with Crippen LogP contribution in [0.1, 0.15) is 18.9 Å². The molecule has 1 aromatic heterocycles. The third kappa shape index (κ3) is 3.42. The maximum Gasteiger partial charge on any atom is 0.213 e. The number of nitrogens with zero attached hydrogens (tertiary/aromatic N) is 1. The standard InChI is InChI=1S/C10H15NO2/c1-8(12)3-4-9-5-6-11-10(7-9)13-2/h5-8,12H,3-4H2,1-2H3. The minimum atomic E-state index is -0.251. The maximum atomic E-state index is 9.09. The summed E-state index contributed by atoms with van der Waals surface area (Å²) in [6.45, 7) is 1.79. The van der Waals surface area contributed by atoms with Crippen LogP contribution in [-0.4, -0.2) is 23.3 Å². The normalized spacial score (nSPS) is 12.5. The van der Waals surface area contributed by atoms with E-state index < -0.39 is 0 Å². The van der Waals surface area contributed by atoms with Gasteiger partial charge in [-0.25, -0.2) is 4.98 Å². The molecule has 0 saturated heterocycles. The lowest BCUT2D eigenvalue weighted by Crippen LogP contribution is -2.01. The van der Waals surface area contributed by atoms with Crippen LogP contribution in [-0.2, 0) is 6.42 Å². The summed E-state index contributed by atoms with van der Waals surface area (Å²) in [6, 6.07) is 3.83. The van der Waals surface area contributed by atoms with E-state index in [1.165, 1.54) is 0 Å². The molecule has 0 aliphatic carbocycles. The molecular formula is C10H15NO2. The smallest absolute Gasteiger partial charge is 0.213 e. The van der Waals surface area contributed by atoms with Gasteiger partial charge < -0.3 is 9.84 Å². The van der Waals surface area contributed by atoms with Gasteiger partial charge in [0.2, 0.25) is 5.88 Å². The molecule has 13 heavy (non-hydrogen) atoms. The second-order valence-corrected chi connectivity index (χ2v) is 3.09. The molecule has 0 aliphatic heterocycles. The molecule has 1 heterocycles. The Morgan fingerprint density at radius 1 is 1.62 bits per heavy atom. The predicted octanol–water partition coefficient (Wildman–Crippen LogP) is 1.40. The summed E-state index contributed by atoms with van der Waals surface area (Å²) >= 11 is 0. The van der Waals surface area contributed by atoms with Crippen molar-refractivity contribution in [3.8, 4) is 5.88 Å². The minimum absolute atomic E-state index is 0.251. The molecule has 1 aromatic rings. The molecule has 1 rings (SSSR count). The van der Waals surface area contributed by atoms with Gasteiger partial charge in [-0.1, -0.05) is 0 Å². The molecule has 0 amide bonds. The summed E-state index contributed by atoms with van der Waals surface area (Å²) in [4.78, 5) is 4.00. The molecule has 1 N–H and O–H groups in total. The fraction of sp³-hybridized carbons (Fsp3) is 0.500. The fourth-order valence-electron chi connectivity index (χ4n) is 1.09. The van der Waals surface area contributed by atoms with Crippen LogP contribution in [0.2, 0.25) is 0 Å². The summed E-state index contributed by atoms with van der Waals surface area (Å²) < 4.78 is 4.99. The number of pyridine rings is 1. The Balaban J connectivity index is 2.56. The van der Waals surface area contributed by atoms with Crippen molar-refractivity contribution in [1.29, 1.82) is 0 Å². The minimum Gasteiger partial charge on any atom is -0.481 e. The summed E-state index contributed by atoms with van der Waals surface area (Å²) in [5.74, 6) is 0.628. The summed E-state index contributed by atoms with van der Waals surface area (Å²) in [5, 5.41) is 9.09. The van der Waals surface area contributed by atoms with Gasteiger partial charge in [0.15, 0.2) is 0 Å². The Bertz CT molecular complexity index is 261. The molecule has 0 spiro atoms. The van der Waals surface area contributed by atoms with Crippen molar-refractivity contribution in [3.63, 3.8) is 0 Å². The molecule has 1 atom stereocenters. The Morgan fingerprint density at radius 3 is 3.00 bits per heavy atom. The van der Waals surface area contributed by atoms with Gasteiger partial charge in [-0.05, 0) is 31.4 Å². The van der Waals surface area contributed by atoms with Crippen molar-refractivity contribution in [1.82, 2.24) is 4.98 Å². The van der Waals surface area contributed by atoms with Crippen LogP contribution < -0.4 is 4.74 Å². The second-order valence-electron chi connectivity index (χ2n) is 3.09. The summed E-state index contributed by atoms with van der Waals surface area (Å²) in [7, 11) is 1.60. The number of aliphatic hydroxyl groups is 1. The largest absolute Gasteiger partial charge is 0.481 e. The van der Waals surface area contributed by atoms with Crippen LogP contribution in [0, 0.1) is 0 Å². The number of hydrogen-bond acceptors (Lipinski definition) is 3. The van der Waals surface area contributed by atoms with E-state index >= 15 is 0 Å². The number of ether oxygens (including phenoxy) is 1. The van der Waals surface area contributed by atoms with E-state index in [4.69, 9.17) is 9.84 Å². The molecule has 3 heteroatoms. The molecule has 0 radical (unpaired) electrons. The topological polar surface area (TPSA) is 42.4 Å². The van der Waals surface area contributed by atoms with Crippen LogP contribution in [0.5, 0.6) is 5.88 Å². The lowest BCUT2D eigenvalue weighted by atomic mass is 10.1.